The monoisotopic (exact) mass is 345 g/mol. The number of aromatic nitrogens is 1. The van der Waals surface area contributed by atoms with Crippen LogP contribution in [0.25, 0.3) is 6.08 Å². The fourth-order valence-electron chi connectivity index (χ4n) is 2.16. The maximum Gasteiger partial charge on any atom is 0.328 e. The summed E-state index contributed by atoms with van der Waals surface area (Å²) in [5, 5.41) is 11.0. The summed E-state index contributed by atoms with van der Waals surface area (Å²) in [5.74, 6) is -1.78. The molecule has 0 saturated heterocycles. The van der Waals surface area contributed by atoms with Gasteiger partial charge in [-0.3, -0.25) is 4.55 Å². The molecule has 0 amide bonds. The molecule has 130 valence electrons. The van der Waals surface area contributed by atoms with Crippen molar-refractivity contribution in [1.29, 1.82) is 0 Å². The van der Waals surface area contributed by atoms with Crippen molar-refractivity contribution < 1.29 is 32.3 Å². The molecule has 1 aromatic heterocycles. The average Bonchev–Trinajstić information content (AvgIpc) is 2.43. The highest BCUT2D eigenvalue weighted by Crippen LogP contribution is 2.29. The molecule has 7 nitrogen and oxygen atoms in total. The van der Waals surface area contributed by atoms with Crippen molar-refractivity contribution in [2.24, 2.45) is 0 Å². The summed E-state index contributed by atoms with van der Waals surface area (Å²) in [6.07, 6.45) is 3.76. The van der Waals surface area contributed by atoms with E-state index >= 15 is 0 Å². The van der Waals surface area contributed by atoms with Gasteiger partial charge in [-0.25, -0.2) is 4.98 Å². The van der Waals surface area contributed by atoms with Crippen molar-refractivity contribution in [2.75, 3.05) is 21.1 Å². The molecule has 1 heterocycles. The van der Waals surface area contributed by atoms with Gasteiger partial charge in [-0.1, -0.05) is 13.5 Å². The number of rotatable bonds is 6. The Bertz CT molecular complexity index is 623. The van der Waals surface area contributed by atoms with Gasteiger partial charge < -0.3 is 14.4 Å². The molecule has 1 aromatic rings. The molecule has 2 N–H and O–H groups in total. The summed E-state index contributed by atoms with van der Waals surface area (Å²) in [4.78, 5) is 11.7. The molecule has 0 aliphatic carbocycles. The third-order valence-electron chi connectivity index (χ3n) is 3.37. The number of pyridine rings is 1. The van der Waals surface area contributed by atoms with Gasteiger partial charge in [-0.15, -0.1) is 0 Å². The molecule has 0 aliphatic rings. The number of carboxylic acids is 1. The van der Waals surface area contributed by atoms with Crippen molar-refractivity contribution in [3.63, 3.8) is 0 Å². The Labute approximate surface area is 137 Å². The normalized spacial score (nSPS) is 14.1. The van der Waals surface area contributed by atoms with Crippen LogP contribution in [-0.2, 0) is 14.9 Å². The highest BCUT2D eigenvalue weighted by molar-refractivity contribution is 7.87. The van der Waals surface area contributed by atoms with E-state index in [-0.39, 0.29) is 6.42 Å². The number of carbonyl (C=O) groups is 1. The number of carbonyl (C=O) groups excluding carboxylic acids is 1. The minimum atomic E-state index is -4.74. The van der Waals surface area contributed by atoms with Crippen LogP contribution in [-0.4, -0.2) is 49.4 Å². The number of quaternary nitrogens is 1. The minimum absolute atomic E-state index is 0.197. The van der Waals surface area contributed by atoms with Gasteiger partial charge in [-0.05, 0) is 12.5 Å². The van der Waals surface area contributed by atoms with E-state index in [4.69, 9.17) is 4.55 Å². The smallest absolute Gasteiger partial charge is 0.328 e. The van der Waals surface area contributed by atoms with Crippen LogP contribution >= 0.6 is 0 Å². The number of aliphatic carboxylic acids is 1. The zero-order valence-electron chi connectivity index (χ0n) is 13.9. The lowest BCUT2D eigenvalue weighted by Gasteiger charge is -2.43. The second-order valence-corrected chi connectivity index (χ2v) is 7.46. The maximum absolute atomic E-state index is 11.3. The Kier molecular flexibility index (Phi) is 7.56. The molecule has 0 saturated carbocycles. The number of nitrogens with one attached hydrogen (secondary N) is 1. The molecule has 0 radical (unpaired) electrons. The molecule has 23 heavy (non-hydrogen) atoms. The van der Waals surface area contributed by atoms with Crippen LogP contribution in [0.1, 0.15) is 25.5 Å². The van der Waals surface area contributed by atoms with Gasteiger partial charge in [0.1, 0.15) is 5.97 Å². The molecular formula is C15H25N2O5S+. The van der Waals surface area contributed by atoms with E-state index in [9.17, 15) is 18.3 Å². The number of hydrogen-bond donors (Lipinski definition) is 1. The first-order valence-corrected chi connectivity index (χ1v) is 8.47. The lowest BCUT2D eigenvalue weighted by molar-refractivity contribution is -0.901. The summed E-state index contributed by atoms with van der Waals surface area (Å²) in [7, 11) is -0.571. The van der Waals surface area contributed by atoms with Crippen LogP contribution in [0.2, 0.25) is 0 Å². The number of hydrogen-bond acceptors (Lipinski definition) is 4. The summed E-state index contributed by atoms with van der Waals surface area (Å²) in [5.41, 5.74) is 1.05. The number of H-pyrrole nitrogens is 1. The Hall–Kier alpha value is -1.77. The van der Waals surface area contributed by atoms with Gasteiger partial charge >= 0.3 is 10.1 Å². The SMILES string of the molecule is C=Cc1cccc[nH+]1.CCCC(C(=O)[O-])([N+](C)(C)C)S(=O)(=O)O. The Balaban J connectivity index is 0.000000502. The zero-order chi connectivity index (χ0) is 18.3. The lowest BCUT2D eigenvalue weighted by Crippen LogP contribution is -2.69. The van der Waals surface area contributed by atoms with Gasteiger partial charge in [0.2, 0.25) is 5.69 Å². The Morgan fingerprint density at radius 1 is 1.43 bits per heavy atom. The van der Waals surface area contributed by atoms with Crippen molar-refractivity contribution in [3.8, 4) is 0 Å². The molecule has 1 rings (SSSR count). The number of carboxylic acid groups (broad SMARTS) is 1. The second-order valence-electron chi connectivity index (χ2n) is 5.83. The highest BCUT2D eigenvalue weighted by atomic mass is 32.2. The summed E-state index contributed by atoms with van der Waals surface area (Å²) in [6, 6.07) is 5.87. The van der Waals surface area contributed by atoms with E-state index < -0.39 is 25.4 Å². The molecular weight excluding hydrogens is 320 g/mol. The van der Waals surface area contributed by atoms with E-state index in [0.717, 1.165) is 5.69 Å². The standard InChI is InChI=1S/C8H17NO5S.C7H7N/c1-5-6-8(7(10)11,9(2,3)4)15(12,13)14;1-2-7-5-3-4-6-8-7/h5-6H2,1-4H3,(H-,10,11,12,13,14);2-6H,1H2/p+1. The molecule has 8 heteroatoms. The van der Waals surface area contributed by atoms with Crippen LogP contribution in [0.5, 0.6) is 0 Å². The summed E-state index contributed by atoms with van der Waals surface area (Å²) >= 11 is 0. The van der Waals surface area contributed by atoms with Gasteiger partial charge in [0.25, 0.3) is 4.87 Å². The molecule has 0 spiro atoms. The minimum Gasteiger partial charge on any atom is -0.543 e. The molecule has 0 bridgehead atoms. The van der Waals surface area contributed by atoms with Gasteiger partial charge in [0.15, 0.2) is 6.20 Å². The number of aromatic amines is 1. The topological polar surface area (TPSA) is 109 Å². The molecule has 1 unspecified atom stereocenters. The van der Waals surface area contributed by atoms with Gasteiger partial charge in [0, 0.05) is 24.6 Å². The van der Waals surface area contributed by atoms with E-state index in [2.05, 4.69) is 11.6 Å². The van der Waals surface area contributed by atoms with Gasteiger partial charge in [-0.2, -0.15) is 8.42 Å². The predicted molar refractivity (Wildman–Crippen MR) is 85.3 cm³/mol. The molecule has 0 fully saturated rings. The molecule has 1 atom stereocenters. The second kappa shape index (κ2) is 8.19. The molecule has 0 aliphatic heterocycles. The van der Waals surface area contributed by atoms with Gasteiger partial charge in [0.05, 0.1) is 21.1 Å². The van der Waals surface area contributed by atoms with Crippen LogP contribution in [0.3, 0.4) is 0 Å². The Morgan fingerprint density at radius 2 is 2.00 bits per heavy atom. The molecule has 0 aromatic carbocycles. The number of nitrogens with zero attached hydrogens (tertiary/aromatic N) is 1. The Morgan fingerprint density at radius 3 is 2.17 bits per heavy atom. The predicted octanol–water partition coefficient (Wildman–Crippen LogP) is -0.0296. The summed E-state index contributed by atoms with van der Waals surface area (Å²) in [6.45, 7) is 5.24. The first-order valence-electron chi connectivity index (χ1n) is 7.03. The number of likely N-dealkylation sites (N-methyl/N-ethyl adjacent to an activating group) is 1. The highest BCUT2D eigenvalue weighted by Gasteiger charge is 2.55. The fraction of sp³-hybridized carbons (Fsp3) is 0.467. The first kappa shape index (κ1) is 21.2. The largest absolute Gasteiger partial charge is 0.543 e. The third-order valence-corrected chi connectivity index (χ3v) is 5.14. The quantitative estimate of drug-likeness (QED) is 0.575. The average molecular weight is 345 g/mol. The first-order chi connectivity index (χ1) is 10.4. The van der Waals surface area contributed by atoms with E-state index in [1.807, 2.05) is 24.4 Å². The van der Waals surface area contributed by atoms with Crippen LogP contribution < -0.4 is 10.1 Å². The van der Waals surface area contributed by atoms with Crippen molar-refractivity contribution in [3.05, 3.63) is 36.7 Å². The van der Waals surface area contributed by atoms with E-state index in [1.165, 1.54) is 21.1 Å². The third kappa shape index (κ3) is 5.12. The zero-order valence-corrected chi connectivity index (χ0v) is 14.8. The van der Waals surface area contributed by atoms with E-state index in [1.54, 1.807) is 13.0 Å². The van der Waals surface area contributed by atoms with Crippen LogP contribution in [0, 0.1) is 0 Å². The van der Waals surface area contributed by atoms with Crippen molar-refractivity contribution in [1.82, 2.24) is 0 Å². The van der Waals surface area contributed by atoms with E-state index in [0.29, 0.717) is 6.42 Å². The maximum atomic E-state index is 11.3. The van der Waals surface area contributed by atoms with Crippen molar-refractivity contribution >= 4 is 22.2 Å². The van der Waals surface area contributed by atoms with Crippen LogP contribution in [0.4, 0.5) is 0 Å². The van der Waals surface area contributed by atoms with Crippen molar-refractivity contribution in [2.45, 2.75) is 24.6 Å². The van der Waals surface area contributed by atoms with Crippen LogP contribution in [0.15, 0.2) is 31.0 Å². The fourth-order valence-corrected chi connectivity index (χ4v) is 3.53. The summed E-state index contributed by atoms with van der Waals surface area (Å²) < 4.78 is 31.2. The lowest BCUT2D eigenvalue weighted by atomic mass is 10.1.